The van der Waals surface area contributed by atoms with Crippen LogP contribution in [0.25, 0.3) is 32.5 Å². The maximum absolute atomic E-state index is 12.5. The second-order valence-electron chi connectivity index (χ2n) is 6.89. The number of hydrogen-bond donors (Lipinski definition) is 1. The van der Waals surface area contributed by atoms with Gasteiger partial charge in [-0.2, -0.15) is 0 Å². The lowest BCUT2D eigenvalue weighted by molar-refractivity contribution is -0.113. The Hall–Kier alpha value is -3.23. The van der Waals surface area contributed by atoms with Crippen LogP contribution in [-0.4, -0.2) is 32.2 Å². The zero-order valence-electron chi connectivity index (χ0n) is 15.9. The van der Waals surface area contributed by atoms with Crippen LogP contribution in [0.1, 0.15) is 0 Å². The topological polar surface area (TPSA) is 85.4 Å². The summed E-state index contributed by atoms with van der Waals surface area (Å²) in [5.41, 5.74) is 2.93. The summed E-state index contributed by atoms with van der Waals surface area (Å²) in [4.78, 5) is 18.1. The van der Waals surface area contributed by atoms with Gasteiger partial charge in [0.05, 0.1) is 22.6 Å². The van der Waals surface area contributed by atoms with Gasteiger partial charge in [-0.25, -0.2) is 13.4 Å². The van der Waals surface area contributed by atoms with E-state index in [1.165, 1.54) is 30.6 Å². The molecule has 1 aliphatic carbocycles. The molecular weight excluding hydrogens is 420 g/mol. The van der Waals surface area contributed by atoms with Crippen LogP contribution in [0.4, 0.5) is 5.13 Å². The summed E-state index contributed by atoms with van der Waals surface area (Å²) in [6, 6.07) is 18.1. The van der Waals surface area contributed by atoms with Crippen molar-refractivity contribution in [3.05, 3.63) is 60.7 Å². The molecule has 3 aromatic carbocycles. The molecule has 0 unspecified atom stereocenters. The lowest BCUT2D eigenvalue weighted by Gasteiger charge is -2.06. The van der Waals surface area contributed by atoms with Crippen molar-refractivity contribution in [3.63, 3.8) is 0 Å². The van der Waals surface area contributed by atoms with Crippen molar-refractivity contribution in [2.24, 2.45) is 0 Å². The molecule has 5 rings (SSSR count). The molecule has 1 aliphatic rings. The van der Waals surface area contributed by atoms with E-state index in [1.807, 2.05) is 24.3 Å². The Morgan fingerprint density at radius 3 is 2.43 bits per heavy atom. The molecule has 150 valence electrons. The van der Waals surface area contributed by atoms with E-state index in [4.69, 9.17) is 4.74 Å². The van der Waals surface area contributed by atoms with Gasteiger partial charge in [0.2, 0.25) is 5.91 Å². The van der Waals surface area contributed by atoms with Gasteiger partial charge in [0, 0.05) is 11.1 Å². The van der Waals surface area contributed by atoms with Crippen LogP contribution in [-0.2, 0) is 14.6 Å². The first-order valence-electron chi connectivity index (χ1n) is 9.16. The Labute approximate surface area is 177 Å². The van der Waals surface area contributed by atoms with E-state index in [0.717, 1.165) is 32.5 Å². The number of benzene rings is 3. The second kappa shape index (κ2) is 6.93. The van der Waals surface area contributed by atoms with Crippen LogP contribution < -0.4 is 10.1 Å². The first-order chi connectivity index (χ1) is 14.5. The van der Waals surface area contributed by atoms with Crippen molar-refractivity contribution in [2.75, 3.05) is 18.2 Å². The Bertz CT molecular complexity index is 1350. The summed E-state index contributed by atoms with van der Waals surface area (Å²) in [5.74, 6) is -0.730. The molecule has 8 heteroatoms. The summed E-state index contributed by atoms with van der Waals surface area (Å²) in [7, 11) is -2.27. The van der Waals surface area contributed by atoms with Gasteiger partial charge in [-0.3, -0.25) is 4.79 Å². The Morgan fingerprint density at radius 2 is 1.73 bits per heavy atom. The summed E-state index contributed by atoms with van der Waals surface area (Å²) >= 11 is 1.35. The number of thiazole rings is 1. The molecule has 1 aromatic heterocycles. The van der Waals surface area contributed by atoms with Crippen LogP contribution in [0.15, 0.2) is 65.6 Å². The number of carbonyl (C=O) groups excluding carboxylic acids is 1. The highest BCUT2D eigenvalue weighted by Crippen LogP contribution is 2.50. The van der Waals surface area contributed by atoms with Crippen LogP contribution in [0, 0.1) is 0 Å². The van der Waals surface area contributed by atoms with Gasteiger partial charge in [-0.1, -0.05) is 47.7 Å². The quantitative estimate of drug-likeness (QED) is 0.442. The predicted molar refractivity (Wildman–Crippen MR) is 118 cm³/mol. The Balaban J connectivity index is 1.38. The molecule has 1 heterocycles. The van der Waals surface area contributed by atoms with Gasteiger partial charge in [-0.15, -0.1) is 0 Å². The fourth-order valence-electron chi connectivity index (χ4n) is 3.66. The number of nitrogens with zero attached hydrogens (tertiary/aromatic N) is 1. The van der Waals surface area contributed by atoms with Gasteiger partial charge in [0.1, 0.15) is 11.5 Å². The van der Waals surface area contributed by atoms with Crippen molar-refractivity contribution < 1.29 is 17.9 Å². The molecule has 0 fully saturated rings. The van der Waals surface area contributed by atoms with E-state index in [-0.39, 0.29) is 4.90 Å². The number of anilines is 1. The molecule has 30 heavy (non-hydrogen) atoms. The third-order valence-electron chi connectivity index (χ3n) is 5.02. The summed E-state index contributed by atoms with van der Waals surface area (Å²) in [5, 5.41) is 5.34. The molecule has 0 aliphatic heterocycles. The van der Waals surface area contributed by atoms with Gasteiger partial charge >= 0.3 is 0 Å². The monoisotopic (exact) mass is 436 g/mol. The Kier molecular flexibility index (Phi) is 4.34. The van der Waals surface area contributed by atoms with Gasteiger partial charge in [-0.05, 0) is 35.0 Å². The van der Waals surface area contributed by atoms with Crippen LogP contribution in [0.2, 0.25) is 0 Å². The lowest BCUT2D eigenvalue weighted by atomic mass is 10.0. The molecular formula is C22H16N2O4S2. The van der Waals surface area contributed by atoms with Crippen LogP contribution in [0.5, 0.6) is 5.75 Å². The number of carbonyl (C=O) groups is 1. The predicted octanol–water partition coefficient (Wildman–Crippen LogP) is 4.36. The van der Waals surface area contributed by atoms with E-state index in [2.05, 4.69) is 22.4 Å². The lowest BCUT2D eigenvalue weighted by Crippen LogP contribution is -2.22. The molecule has 0 saturated heterocycles. The summed E-state index contributed by atoms with van der Waals surface area (Å²) in [6.07, 6.45) is 0. The van der Waals surface area contributed by atoms with Gasteiger partial charge in [0.25, 0.3) is 0 Å². The van der Waals surface area contributed by atoms with E-state index in [0.29, 0.717) is 10.9 Å². The average Bonchev–Trinajstić information content (AvgIpc) is 3.27. The number of fused-ring (bicyclic) bond motifs is 3. The standard InChI is InChI=1S/C22H16N2O4S2/c1-28-14-8-10-15(11-9-14)30(26,27)12-18(25)23-22-24-20-16-6-2-4-13-5-3-7-17(19(13)16)21(20)29-22/h2-11H,12H2,1H3,(H,23,24,25). The smallest absolute Gasteiger partial charge is 0.241 e. The van der Waals surface area contributed by atoms with Crippen molar-refractivity contribution in [1.29, 1.82) is 0 Å². The fourth-order valence-corrected chi connectivity index (χ4v) is 5.82. The third-order valence-corrected chi connectivity index (χ3v) is 7.65. The molecule has 1 amide bonds. The second-order valence-corrected chi connectivity index (χ2v) is 9.88. The van der Waals surface area contributed by atoms with Gasteiger partial charge < -0.3 is 10.1 Å². The number of ether oxygens (including phenoxy) is 1. The van der Waals surface area contributed by atoms with E-state index in [1.54, 1.807) is 12.1 Å². The summed E-state index contributed by atoms with van der Waals surface area (Å²) < 4.78 is 30.1. The highest BCUT2D eigenvalue weighted by Gasteiger charge is 2.27. The first kappa shape index (κ1) is 18.8. The highest BCUT2D eigenvalue weighted by atomic mass is 32.2. The number of aromatic nitrogens is 1. The van der Waals surface area contributed by atoms with Gasteiger partial charge in [0.15, 0.2) is 15.0 Å². The molecule has 0 spiro atoms. The van der Waals surface area contributed by atoms with E-state index >= 15 is 0 Å². The minimum Gasteiger partial charge on any atom is -0.497 e. The van der Waals surface area contributed by atoms with Crippen molar-refractivity contribution in [1.82, 2.24) is 4.98 Å². The highest BCUT2D eigenvalue weighted by molar-refractivity contribution is 7.92. The normalized spacial score (nSPS) is 12.0. The minimum atomic E-state index is -3.77. The molecule has 0 bridgehead atoms. The minimum absolute atomic E-state index is 0.0701. The van der Waals surface area contributed by atoms with E-state index < -0.39 is 21.5 Å². The molecule has 0 radical (unpaired) electrons. The van der Waals surface area contributed by atoms with Crippen LogP contribution in [0.3, 0.4) is 0 Å². The first-order valence-corrected chi connectivity index (χ1v) is 11.6. The molecule has 1 N–H and O–H groups in total. The molecule has 6 nitrogen and oxygen atoms in total. The number of methoxy groups -OCH3 is 1. The SMILES string of the molecule is COc1ccc(S(=O)(=O)CC(=O)Nc2nc3c(s2)-c2cccc4cccc-3c24)cc1. The Morgan fingerprint density at radius 1 is 1.03 bits per heavy atom. The number of amides is 1. The molecule has 0 atom stereocenters. The number of hydrogen-bond acceptors (Lipinski definition) is 6. The largest absolute Gasteiger partial charge is 0.497 e. The third kappa shape index (κ3) is 3.05. The van der Waals surface area contributed by atoms with Crippen molar-refractivity contribution in [3.8, 4) is 27.4 Å². The fraction of sp³-hybridized carbons (Fsp3) is 0.0909. The maximum atomic E-state index is 12.5. The molecule has 0 saturated carbocycles. The maximum Gasteiger partial charge on any atom is 0.241 e. The number of sulfone groups is 1. The van der Waals surface area contributed by atoms with Crippen LogP contribution >= 0.6 is 11.3 Å². The zero-order chi connectivity index (χ0) is 20.9. The number of nitrogens with one attached hydrogen (secondary N) is 1. The van der Waals surface area contributed by atoms with Crippen molar-refractivity contribution in [2.45, 2.75) is 4.90 Å². The van der Waals surface area contributed by atoms with E-state index in [9.17, 15) is 13.2 Å². The zero-order valence-corrected chi connectivity index (χ0v) is 17.5. The summed E-state index contributed by atoms with van der Waals surface area (Å²) in [6.45, 7) is 0. The number of rotatable bonds is 5. The average molecular weight is 437 g/mol. The molecule has 4 aromatic rings. The van der Waals surface area contributed by atoms with Crippen molar-refractivity contribution >= 4 is 43.0 Å².